The zero-order valence-electron chi connectivity index (χ0n) is 10.7. The van der Waals surface area contributed by atoms with Crippen LogP contribution in [-0.4, -0.2) is 19.4 Å². The van der Waals surface area contributed by atoms with Crippen molar-refractivity contribution in [3.63, 3.8) is 0 Å². The van der Waals surface area contributed by atoms with Crippen LogP contribution in [0.1, 0.15) is 35.7 Å². The lowest BCUT2D eigenvalue weighted by Gasteiger charge is -2.32. The molecule has 5 heteroatoms. The lowest BCUT2D eigenvalue weighted by molar-refractivity contribution is -0.137. The predicted molar refractivity (Wildman–Crippen MR) is 67.4 cm³/mol. The molecule has 0 unspecified atom stereocenters. The molecule has 0 atom stereocenters. The fraction of sp³-hybridized carbons (Fsp3) is 0.500. The molecule has 1 heterocycles. The first-order valence-corrected chi connectivity index (χ1v) is 6.33. The van der Waals surface area contributed by atoms with E-state index in [9.17, 15) is 18.0 Å². The van der Waals surface area contributed by atoms with Gasteiger partial charge in [-0.1, -0.05) is 6.92 Å². The molecule has 104 valence electrons. The Morgan fingerprint density at radius 2 is 1.89 bits per heavy atom. The maximum absolute atomic E-state index is 12.9. The Bertz CT molecular complexity index is 462. The van der Waals surface area contributed by atoms with Crippen LogP contribution in [0.2, 0.25) is 0 Å². The van der Waals surface area contributed by atoms with E-state index in [0.29, 0.717) is 11.6 Å². The second kappa shape index (κ2) is 5.23. The van der Waals surface area contributed by atoms with E-state index in [2.05, 4.69) is 6.92 Å². The van der Waals surface area contributed by atoms with Crippen LogP contribution in [0.5, 0.6) is 0 Å². The summed E-state index contributed by atoms with van der Waals surface area (Å²) in [6.07, 6.45) is -2.27. The number of rotatable bonds is 2. The Morgan fingerprint density at radius 1 is 1.26 bits per heavy atom. The molecule has 0 bridgehead atoms. The van der Waals surface area contributed by atoms with Crippen molar-refractivity contribution in [1.29, 1.82) is 0 Å². The van der Waals surface area contributed by atoms with Crippen LogP contribution in [-0.2, 0) is 6.18 Å². The van der Waals surface area contributed by atoms with E-state index < -0.39 is 11.7 Å². The van der Waals surface area contributed by atoms with Crippen molar-refractivity contribution in [2.75, 3.05) is 18.0 Å². The Kier molecular flexibility index (Phi) is 3.83. The van der Waals surface area contributed by atoms with Crippen LogP contribution < -0.4 is 4.90 Å². The summed E-state index contributed by atoms with van der Waals surface area (Å²) < 4.78 is 38.6. The van der Waals surface area contributed by atoms with Gasteiger partial charge in [-0.25, -0.2) is 0 Å². The molecule has 0 amide bonds. The van der Waals surface area contributed by atoms with Gasteiger partial charge in [-0.05, 0) is 37.0 Å². The molecule has 0 aliphatic carbocycles. The number of carbonyl (C=O) groups excluding carboxylic acids is 1. The van der Waals surface area contributed by atoms with Gasteiger partial charge in [-0.3, -0.25) is 4.79 Å². The average molecular weight is 271 g/mol. The minimum absolute atomic E-state index is 0.255. The molecule has 2 nitrogen and oxygen atoms in total. The molecule has 0 N–H and O–H groups in total. The first kappa shape index (κ1) is 13.9. The number of hydrogen-bond acceptors (Lipinski definition) is 2. The Morgan fingerprint density at radius 3 is 2.42 bits per heavy atom. The molecule has 19 heavy (non-hydrogen) atoms. The molecule has 0 spiro atoms. The Hall–Kier alpha value is -1.52. The molecule has 1 aromatic carbocycles. The van der Waals surface area contributed by atoms with E-state index in [1.54, 1.807) is 6.07 Å². The number of benzene rings is 1. The molecule has 1 saturated heterocycles. The molecule has 0 radical (unpaired) electrons. The molecule has 1 fully saturated rings. The molecule has 1 aromatic rings. The van der Waals surface area contributed by atoms with Crippen molar-refractivity contribution in [3.8, 4) is 0 Å². The lowest BCUT2D eigenvalue weighted by Crippen LogP contribution is -2.33. The fourth-order valence-corrected chi connectivity index (χ4v) is 2.36. The van der Waals surface area contributed by atoms with E-state index in [-0.39, 0.29) is 11.8 Å². The zero-order valence-corrected chi connectivity index (χ0v) is 10.7. The minimum atomic E-state index is -4.49. The van der Waals surface area contributed by atoms with Gasteiger partial charge >= 0.3 is 6.18 Å². The summed E-state index contributed by atoms with van der Waals surface area (Å²) in [6, 6.07) is 3.93. The van der Waals surface area contributed by atoms with Crippen molar-refractivity contribution in [3.05, 3.63) is 29.3 Å². The highest BCUT2D eigenvalue weighted by Gasteiger charge is 2.34. The van der Waals surface area contributed by atoms with Crippen LogP contribution >= 0.6 is 0 Å². The topological polar surface area (TPSA) is 20.3 Å². The summed E-state index contributed by atoms with van der Waals surface area (Å²) in [5, 5.41) is 0. The van der Waals surface area contributed by atoms with Crippen LogP contribution in [0.25, 0.3) is 0 Å². The quantitative estimate of drug-likeness (QED) is 0.763. The van der Waals surface area contributed by atoms with Gasteiger partial charge in [0.2, 0.25) is 0 Å². The van der Waals surface area contributed by atoms with Crippen molar-refractivity contribution < 1.29 is 18.0 Å². The monoisotopic (exact) mass is 271 g/mol. The molecule has 0 aromatic heterocycles. The van der Waals surface area contributed by atoms with Gasteiger partial charge in [0, 0.05) is 24.3 Å². The molecule has 0 saturated carbocycles. The van der Waals surface area contributed by atoms with Gasteiger partial charge < -0.3 is 4.90 Å². The minimum Gasteiger partial charge on any atom is -0.372 e. The molecular weight excluding hydrogens is 255 g/mol. The molecule has 1 aliphatic heterocycles. The van der Waals surface area contributed by atoms with Crippen molar-refractivity contribution in [1.82, 2.24) is 0 Å². The number of halogens is 3. The predicted octanol–water partition coefficient (Wildman–Crippen LogP) is 3.75. The van der Waals surface area contributed by atoms with Crippen LogP contribution in [0.4, 0.5) is 18.9 Å². The summed E-state index contributed by atoms with van der Waals surface area (Å²) >= 11 is 0. The standard InChI is InChI=1S/C14H16F3NO/c1-10-4-6-18(7-5-10)12-3-2-11(9-19)13(8-12)14(15,16)17/h2-3,8-10H,4-7H2,1H3. The Balaban J connectivity index is 2.30. The van der Waals surface area contributed by atoms with Crippen molar-refractivity contribution >= 4 is 12.0 Å². The highest BCUT2D eigenvalue weighted by atomic mass is 19.4. The smallest absolute Gasteiger partial charge is 0.372 e. The SMILES string of the molecule is CC1CCN(c2ccc(C=O)c(C(F)(F)F)c2)CC1. The highest BCUT2D eigenvalue weighted by molar-refractivity contribution is 5.79. The molecule has 2 rings (SSSR count). The second-order valence-corrected chi connectivity index (χ2v) is 5.06. The van der Waals surface area contributed by atoms with Crippen molar-refractivity contribution in [2.45, 2.75) is 25.9 Å². The van der Waals surface area contributed by atoms with Gasteiger partial charge in [0.05, 0.1) is 5.56 Å². The number of anilines is 1. The summed E-state index contributed by atoms with van der Waals surface area (Å²) in [5.74, 6) is 0.618. The number of aldehydes is 1. The summed E-state index contributed by atoms with van der Waals surface area (Å²) in [4.78, 5) is 12.6. The van der Waals surface area contributed by atoms with Crippen LogP contribution in [0, 0.1) is 5.92 Å². The summed E-state index contributed by atoms with van der Waals surface area (Å²) in [7, 11) is 0. The summed E-state index contributed by atoms with van der Waals surface area (Å²) in [6.45, 7) is 3.67. The number of carbonyl (C=O) groups is 1. The normalized spacial score (nSPS) is 17.6. The van der Waals surface area contributed by atoms with Gasteiger partial charge in [0.1, 0.15) is 0 Å². The Labute approximate surface area is 110 Å². The zero-order chi connectivity index (χ0) is 14.0. The average Bonchev–Trinajstić information content (AvgIpc) is 2.38. The third-order valence-corrected chi connectivity index (χ3v) is 3.62. The number of hydrogen-bond donors (Lipinski definition) is 0. The summed E-state index contributed by atoms with van der Waals surface area (Å²) in [5.41, 5.74) is -0.606. The largest absolute Gasteiger partial charge is 0.417 e. The maximum Gasteiger partial charge on any atom is 0.417 e. The fourth-order valence-electron chi connectivity index (χ4n) is 2.36. The van der Waals surface area contributed by atoms with Gasteiger partial charge in [-0.2, -0.15) is 13.2 Å². The van der Waals surface area contributed by atoms with Gasteiger partial charge in [0.25, 0.3) is 0 Å². The third-order valence-electron chi connectivity index (χ3n) is 3.62. The number of alkyl halides is 3. The van der Waals surface area contributed by atoms with Gasteiger partial charge in [0.15, 0.2) is 6.29 Å². The third kappa shape index (κ3) is 3.08. The van der Waals surface area contributed by atoms with E-state index in [0.717, 1.165) is 32.0 Å². The van der Waals surface area contributed by atoms with Crippen LogP contribution in [0.15, 0.2) is 18.2 Å². The van der Waals surface area contributed by atoms with E-state index in [1.807, 2.05) is 4.90 Å². The lowest BCUT2D eigenvalue weighted by atomic mass is 9.98. The number of piperidine rings is 1. The van der Waals surface area contributed by atoms with E-state index in [4.69, 9.17) is 0 Å². The molecule has 1 aliphatic rings. The number of nitrogens with zero attached hydrogens (tertiary/aromatic N) is 1. The van der Waals surface area contributed by atoms with Crippen LogP contribution in [0.3, 0.4) is 0 Å². The van der Waals surface area contributed by atoms with Crippen molar-refractivity contribution in [2.24, 2.45) is 5.92 Å². The first-order chi connectivity index (χ1) is 8.91. The van der Waals surface area contributed by atoms with E-state index in [1.165, 1.54) is 6.07 Å². The molecular formula is C14H16F3NO. The van der Waals surface area contributed by atoms with Gasteiger partial charge in [-0.15, -0.1) is 0 Å². The second-order valence-electron chi connectivity index (χ2n) is 5.06. The maximum atomic E-state index is 12.9. The first-order valence-electron chi connectivity index (χ1n) is 6.33. The van der Waals surface area contributed by atoms with E-state index >= 15 is 0 Å². The highest BCUT2D eigenvalue weighted by Crippen LogP contribution is 2.34.